The van der Waals surface area contributed by atoms with Gasteiger partial charge in [0, 0.05) is 12.6 Å². The van der Waals surface area contributed by atoms with Gasteiger partial charge in [-0.25, -0.2) is 0 Å². The number of hydrogen-bond donors (Lipinski definition) is 2. The molecule has 0 bridgehead atoms. The average molecular weight is 340 g/mol. The molecule has 1 saturated carbocycles. The molecule has 132 valence electrons. The van der Waals surface area contributed by atoms with Crippen molar-refractivity contribution in [1.82, 2.24) is 5.32 Å². The predicted molar refractivity (Wildman–Crippen MR) is 96.4 cm³/mol. The first kappa shape index (κ1) is 17.3. The molecular formula is C20H24N2O3. The van der Waals surface area contributed by atoms with Gasteiger partial charge >= 0.3 is 0 Å². The van der Waals surface area contributed by atoms with Gasteiger partial charge in [0.15, 0.2) is 6.61 Å². The number of carbonyl (C=O) groups excluding carboxylic acids is 1. The van der Waals surface area contributed by atoms with E-state index in [1.54, 1.807) is 12.1 Å². The average Bonchev–Trinajstić information content (AvgIpc) is 3.50. The van der Waals surface area contributed by atoms with Gasteiger partial charge in [0.1, 0.15) is 18.1 Å². The Kier molecular flexibility index (Phi) is 5.90. The Morgan fingerprint density at radius 1 is 1.04 bits per heavy atom. The quantitative estimate of drug-likeness (QED) is 0.735. The fourth-order valence-electron chi connectivity index (χ4n) is 2.50. The molecule has 5 nitrogen and oxygen atoms in total. The lowest BCUT2D eigenvalue weighted by Gasteiger charge is -2.12. The largest absolute Gasteiger partial charge is 0.489 e. The molecule has 1 fully saturated rings. The van der Waals surface area contributed by atoms with Gasteiger partial charge in [0.05, 0.1) is 0 Å². The molecule has 0 spiro atoms. The SMILES string of the molecule is NC(CNC(=O)COc1ccc(OCc2ccccc2)cc1)C1CC1. The third kappa shape index (κ3) is 5.80. The molecule has 5 heteroatoms. The lowest BCUT2D eigenvalue weighted by atomic mass is 10.2. The van der Waals surface area contributed by atoms with Crippen molar-refractivity contribution >= 4 is 5.91 Å². The van der Waals surface area contributed by atoms with Crippen molar-refractivity contribution in [2.75, 3.05) is 13.2 Å². The van der Waals surface area contributed by atoms with Crippen LogP contribution in [0.5, 0.6) is 11.5 Å². The molecule has 1 atom stereocenters. The lowest BCUT2D eigenvalue weighted by Crippen LogP contribution is -2.40. The van der Waals surface area contributed by atoms with Gasteiger partial charge in [0.25, 0.3) is 5.91 Å². The van der Waals surface area contributed by atoms with Gasteiger partial charge in [0.2, 0.25) is 0 Å². The van der Waals surface area contributed by atoms with Crippen molar-refractivity contribution < 1.29 is 14.3 Å². The highest BCUT2D eigenvalue weighted by atomic mass is 16.5. The number of ether oxygens (including phenoxy) is 2. The summed E-state index contributed by atoms with van der Waals surface area (Å²) < 4.78 is 11.2. The first-order valence-electron chi connectivity index (χ1n) is 8.62. The normalized spacial score (nSPS) is 14.6. The predicted octanol–water partition coefficient (Wildman–Crippen LogP) is 2.50. The van der Waals surface area contributed by atoms with Gasteiger partial charge in [-0.05, 0) is 48.6 Å². The highest BCUT2D eigenvalue weighted by Gasteiger charge is 2.28. The minimum absolute atomic E-state index is 0.0123. The van der Waals surface area contributed by atoms with Crippen molar-refractivity contribution in [3.63, 3.8) is 0 Å². The van der Waals surface area contributed by atoms with Gasteiger partial charge in [-0.15, -0.1) is 0 Å². The van der Waals surface area contributed by atoms with E-state index in [0.29, 0.717) is 24.8 Å². The zero-order valence-corrected chi connectivity index (χ0v) is 14.2. The molecule has 2 aromatic rings. The number of benzene rings is 2. The molecule has 1 amide bonds. The summed E-state index contributed by atoms with van der Waals surface area (Å²) in [6.45, 7) is 1.02. The van der Waals surface area contributed by atoms with Crippen LogP contribution in [0.3, 0.4) is 0 Å². The summed E-state index contributed by atoms with van der Waals surface area (Å²) in [6.07, 6.45) is 2.35. The van der Waals surface area contributed by atoms with E-state index in [1.807, 2.05) is 42.5 Å². The molecule has 1 aliphatic rings. The number of hydrogen-bond acceptors (Lipinski definition) is 4. The summed E-state index contributed by atoms with van der Waals surface area (Å²) in [5.41, 5.74) is 7.07. The molecule has 0 aliphatic heterocycles. The molecule has 1 unspecified atom stereocenters. The number of rotatable bonds is 9. The molecule has 3 N–H and O–H groups in total. The minimum Gasteiger partial charge on any atom is -0.489 e. The summed E-state index contributed by atoms with van der Waals surface area (Å²) in [5, 5.41) is 2.81. The number of amides is 1. The molecule has 0 radical (unpaired) electrons. The Balaban J connectivity index is 1.37. The van der Waals surface area contributed by atoms with Gasteiger partial charge < -0.3 is 20.5 Å². The lowest BCUT2D eigenvalue weighted by molar-refractivity contribution is -0.123. The van der Waals surface area contributed by atoms with Crippen molar-refractivity contribution in [2.24, 2.45) is 11.7 Å². The standard InChI is InChI=1S/C20H24N2O3/c21-19(16-6-7-16)12-22-20(23)14-25-18-10-8-17(9-11-18)24-13-15-4-2-1-3-5-15/h1-5,8-11,16,19H,6-7,12-14,21H2,(H,22,23). The van der Waals surface area contributed by atoms with Crippen LogP contribution in [0.4, 0.5) is 0 Å². The number of carbonyl (C=O) groups is 1. The molecule has 0 saturated heterocycles. The summed E-state index contributed by atoms with van der Waals surface area (Å²) in [5.74, 6) is 1.81. The highest BCUT2D eigenvalue weighted by molar-refractivity contribution is 5.77. The Hall–Kier alpha value is -2.53. The molecule has 3 rings (SSSR count). The Bertz CT molecular complexity index is 669. The van der Waals surface area contributed by atoms with E-state index in [1.165, 1.54) is 12.8 Å². The van der Waals surface area contributed by atoms with Crippen molar-refractivity contribution in [2.45, 2.75) is 25.5 Å². The molecule has 25 heavy (non-hydrogen) atoms. The fourth-order valence-corrected chi connectivity index (χ4v) is 2.50. The molecule has 0 heterocycles. The third-order valence-electron chi connectivity index (χ3n) is 4.20. The second kappa shape index (κ2) is 8.53. The van der Waals surface area contributed by atoms with Crippen LogP contribution in [0, 0.1) is 5.92 Å². The third-order valence-corrected chi connectivity index (χ3v) is 4.20. The van der Waals surface area contributed by atoms with E-state index in [0.717, 1.165) is 11.3 Å². The van der Waals surface area contributed by atoms with Crippen molar-refractivity contribution in [3.8, 4) is 11.5 Å². The maximum absolute atomic E-state index is 11.8. The van der Waals surface area contributed by atoms with Crippen LogP contribution < -0.4 is 20.5 Å². The molecular weight excluding hydrogens is 316 g/mol. The topological polar surface area (TPSA) is 73.6 Å². The second-order valence-corrected chi connectivity index (χ2v) is 6.34. The van der Waals surface area contributed by atoms with Crippen molar-refractivity contribution in [3.05, 3.63) is 60.2 Å². The first-order chi connectivity index (χ1) is 12.2. The highest BCUT2D eigenvalue weighted by Crippen LogP contribution is 2.31. The van der Waals surface area contributed by atoms with E-state index >= 15 is 0 Å². The zero-order chi connectivity index (χ0) is 17.5. The first-order valence-corrected chi connectivity index (χ1v) is 8.62. The van der Waals surface area contributed by atoms with E-state index in [9.17, 15) is 4.79 Å². The van der Waals surface area contributed by atoms with Crippen LogP contribution in [0.2, 0.25) is 0 Å². The maximum atomic E-state index is 11.8. The Morgan fingerprint density at radius 2 is 1.68 bits per heavy atom. The van der Waals surface area contributed by atoms with Crippen LogP contribution in [0.1, 0.15) is 18.4 Å². The van der Waals surface area contributed by atoms with Crippen molar-refractivity contribution in [1.29, 1.82) is 0 Å². The van der Waals surface area contributed by atoms with Crippen LogP contribution >= 0.6 is 0 Å². The van der Waals surface area contributed by atoms with E-state index in [2.05, 4.69) is 5.32 Å². The number of nitrogens with two attached hydrogens (primary N) is 1. The number of nitrogens with one attached hydrogen (secondary N) is 1. The maximum Gasteiger partial charge on any atom is 0.257 e. The molecule has 1 aliphatic carbocycles. The summed E-state index contributed by atoms with van der Waals surface area (Å²) >= 11 is 0. The smallest absolute Gasteiger partial charge is 0.257 e. The fraction of sp³-hybridized carbons (Fsp3) is 0.350. The van der Waals surface area contributed by atoms with Gasteiger partial charge in [-0.2, -0.15) is 0 Å². The van der Waals surface area contributed by atoms with Gasteiger partial charge in [-0.1, -0.05) is 30.3 Å². The second-order valence-electron chi connectivity index (χ2n) is 6.34. The minimum atomic E-state index is -0.152. The summed E-state index contributed by atoms with van der Waals surface area (Å²) in [7, 11) is 0. The van der Waals surface area contributed by atoms with Crippen LogP contribution in [-0.2, 0) is 11.4 Å². The van der Waals surface area contributed by atoms with Crippen LogP contribution in [0.15, 0.2) is 54.6 Å². The summed E-state index contributed by atoms with van der Waals surface area (Å²) in [6, 6.07) is 17.3. The zero-order valence-electron chi connectivity index (χ0n) is 14.2. The van der Waals surface area contributed by atoms with Crippen LogP contribution in [0.25, 0.3) is 0 Å². The van der Waals surface area contributed by atoms with Gasteiger partial charge in [-0.3, -0.25) is 4.79 Å². The van der Waals surface area contributed by atoms with E-state index < -0.39 is 0 Å². The molecule has 2 aromatic carbocycles. The van der Waals surface area contributed by atoms with E-state index in [-0.39, 0.29) is 18.6 Å². The summed E-state index contributed by atoms with van der Waals surface area (Å²) in [4.78, 5) is 11.8. The Morgan fingerprint density at radius 3 is 2.32 bits per heavy atom. The monoisotopic (exact) mass is 340 g/mol. The molecule has 0 aromatic heterocycles. The van der Waals surface area contributed by atoms with Crippen LogP contribution in [-0.4, -0.2) is 25.1 Å². The Labute approximate surface area is 148 Å². The van der Waals surface area contributed by atoms with E-state index in [4.69, 9.17) is 15.2 Å².